The van der Waals surface area contributed by atoms with Crippen LogP contribution in [0, 0.1) is 0 Å². The van der Waals surface area contributed by atoms with E-state index in [1.807, 2.05) is 42.5 Å². The maximum absolute atomic E-state index is 5.44. The zero-order valence-corrected chi connectivity index (χ0v) is 15.9. The van der Waals surface area contributed by atoms with Crippen LogP contribution in [0.1, 0.15) is 5.76 Å². The molecular weight excluding hydrogens is 402 g/mol. The van der Waals surface area contributed by atoms with Crippen LogP contribution in [0.5, 0.6) is 5.75 Å². The number of aromatic nitrogens is 1. The highest BCUT2D eigenvalue weighted by molar-refractivity contribution is 9.10. The van der Waals surface area contributed by atoms with Gasteiger partial charge in [-0.25, -0.2) is 0 Å². The van der Waals surface area contributed by atoms with E-state index in [0.29, 0.717) is 11.5 Å². The average Bonchev–Trinajstić information content (AvgIpc) is 3.16. The summed E-state index contributed by atoms with van der Waals surface area (Å²) in [5.74, 6) is 1.44. The Hall–Kier alpha value is -2.38. The number of anilines is 2. The van der Waals surface area contributed by atoms with Gasteiger partial charge in [-0.1, -0.05) is 22.5 Å². The molecule has 0 radical (unpaired) electrons. The van der Waals surface area contributed by atoms with Crippen LogP contribution < -0.4 is 19.8 Å². The number of hydrogen-bond donors (Lipinski definition) is 2. The lowest BCUT2D eigenvalue weighted by molar-refractivity contribution is -0.383. The van der Waals surface area contributed by atoms with Gasteiger partial charge in [0.2, 0.25) is 12.0 Å². The molecule has 7 heteroatoms. The Kier molecular flexibility index (Phi) is 5.67. The van der Waals surface area contributed by atoms with E-state index in [2.05, 4.69) is 37.5 Å². The second-order valence-corrected chi connectivity index (χ2v) is 6.85. The number of halogens is 1. The van der Waals surface area contributed by atoms with E-state index in [0.717, 1.165) is 26.5 Å². The summed E-state index contributed by atoms with van der Waals surface area (Å²) in [6.07, 6.45) is 3.24. The number of oxazole rings is 1. The van der Waals surface area contributed by atoms with Crippen molar-refractivity contribution in [3.63, 3.8) is 0 Å². The Morgan fingerprint density at radius 2 is 1.96 bits per heavy atom. The fraction of sp³-hybridized carbons (Fsp3) is 0.0556. The van der Waals surface area contributed by atoms with Gasteiger partial charge in [0.25, 0.3) is 0 Å². The average molecular weight is 419 g/mol. The highest BCUT2D eigenvalue weighted by atomic mass is 79.9. The SMILES string of the molecule is C=C(Nc1ccc(OC)c(SNc2ccc(Br)cc2)c1)c1c[nH+]co1. The van der Waals surface area contributed by atoms with Crippen LogP contribution >= 0.6 is 27.9 Å². The summed E-state index contributed by atoms with van der Waals surface area (Å²) in [5, 5.41) is 3.23. The molecule has 0 aliphatic heterocycles. The maximum atomic E-state index is 5.44. The van der Waals surface area contributed by atoms with Gasteiger partial charge in [0.05, 0.1) is 17.7 Å². The minimum Gasteiger partial charge on any atom is -0.496 e. The Bertz CT molecular complexity index is 851. The molecule has 0 saturated heterocycles. The molecule has 0 fully saturated rings. The van der Waals surface area contributed by atoms with Crippen LogP contribution in [-0.4, -0.2) is 7.11 Å². The molecular formula is C18H17BrN3O2S+. The first kappa shape index (κ1) is 17.4. The van der Waals surface area contributed by atoms with Crippen molar-refractivity contribution in [3.05, 3.63) is 71.9 Å². The van der Waals surface area contributed by atoms with Gasteiger partial charge in [-0.2, -0.15) is 4.98 Å². The van der Waals surface area contributed by atoms with E-state index < -0.39 is 0 Å². The van der Waals surface area contributed by atoms with Crippen molar-refractivity contribution in [2.24, 2.45) is 0 Å². The minimum absolute atomic E-state index is 0.651. The van der Waals surface area contributed by atoms with Crippen molar-refractivity contribution in [2.75, 3.05) is 17.1 Å². The standard InChI is InChI=1S/C18H16BrN3O2S/c1-12(17-10-20-11-24-17)21-15-7-8-16(23-2)18(9-15)25-22-14-5-3-13(19)4-6-14/h3-11,21-22H,1H2,2H3/p+1. The molecule has 0 atom stereocenters. The van der Waals surface area contributed by atoms with Crippen LogP contribution in [0.15, 0.2) is 75.4 Å². The van der Waals surface area contributed by atoms with Crippen LogP contribution in [0.2, 0.25) is 0 Å². The molecule has 0 aliphatic carbocycles. The molecule has 0 bridgehead atoms. The molecule has 0 amide bonds. The summed E-state index contributed by atoms with van der Waals surface area (Å²) in [5.41, 5.74) is 2.56. The predicted molar refractivity (Wildman–Crippen MR) is 105 cm³/mol. The topological polar surface area (TPSA) is 60.6 Å². The molecule has 1 heterocycles. The molecule has 25 heavy (non-hydrogen) atoms. The zero-order valence-electron chi connectivity index (χ0n) is 13.5. The van der Waals surface area contributed by atoms with Crippen molar-refractivity contribution < 1.29 is 14.1 Å². The maximum Gasteiger partial charge on any atom is 0.333 e. The number of H-pyrrole nitrogens is 1. The molecule has 0 spiro atoms. The van der Waals surface area contributed by atoms with Gasteiger partial charge in [0, 0.05) is 15.8 Å². The Morgan fingerprint density at radius 3 is 2.64 bits per heavy atom. The van der Waals surface area contributed by atoms with Gasteiger partial charge in [0.15, 0.2) is 0 Å². The van der Waals surface area contributed by atoms with E-state index in [-0.39, 0.29) is 0 Å². The molecule has 3 N–H and O–H groups in total. The monoisotopic (exact) mass is 418 g/mol. The number of methoxy groups -OCH3 is 1. The number of aromatic amines is 1. The number of ether oxygens (including phenoxy) is 1. The van der Waals surface area contributed by atoms with Crippen LogP contribution in [0.25, 0.3) is 5.70 Å². The Morgan fingerprint density at radius 1 is 1.20 bits per heavy atom. The van der Waals surface area contributed by atoms with Gasteiger partial charge in [-0.3, -0.25) is 0 Å². The quantitative estimate of drug-likeness (QED) is 0.524. The summed E-state index contributed by atoms with van der Waals surface area (Å²) in [7, 11) is 1.66. The van der Waals surface area contributed by atoms with Gasteiger partial charge in [0.1, 0.15) is 5.75 Å². The van der Waals surface area contributed by atoms with Crippen LogP contribution in [0.4, 0.5) is 11.4 Å². The number of hydrogen-bond acceptors (Lipinski definition) is 5. The third kappa shape index (κ3) is 4.58. The van der Waals surface area contributed by atoms with E-state index >= 15 is 0 Å². The molecule has 1 aromatic heterocycles. The molecule has 0 unspecified atom stereocenters. The van der Waals surface area contributed by atoms with Crippen LogP contribution in [-0.2, 0) is 0 Å². The van der Waals surface area contributed by atoms with Crippen molar-refractivity contribution in [2.45, 2.75) is 4.90 Å². The summed E-state index contributed by atoms with van der Waals surface area (Å²) in [6.45, 7) is 3.98. The summed E-state index contributed by atoms with van der Waals surface area (Å²) >= 11 is 4.91. The van der Waals surface area contributed by atoms with E-state index in [9.17, 15) is 0 Å². The molecule has 128 valence electrons. The number of nitrogens with one attached hydrogen (secondary N) is 3. The fourth-order valence-corrected chi connectivity index (χ4v) is 3.17. The lowest BCUT2D eigenvalue weighted by Gasteiger charge is -2.13. The third-order valence-corrected chi connectivity index (χ3v) is 4.75. The van der Waals surface area contributed by atoms with E-state index in [1.54, 1.807) is 13.3 Å². The van der Waals surface area contributed by atoms with Gasteiger partial charge in [-0.15, -0.1) is 0 Å². The van der Waals surface area contributed by atoms with E-state index in [4.69, 9.17) is 9.15 Å². The fourth-order valence-electron chi connectivity index (χ4n) is 2.10. The van der Waals surface area contributed by atoms with Crippen molar-refractivity contribution in [1.29, 1.82) is 0 Å². The first-order chi connectivity index (χ1) is 12.2. The largest absolute Gasteiger partial charge is 0.496 e. The predicted octanol–water partition coefficient (Wildman–Crippen LogP) is 5.07. The molecule has 2 aromatic carbocycles. The number of benzene rings is 2. The van der Waals surface area contributed by atoms with Gasteiger partial charge >= 0.3 is 6.39 Å². The first-order valence-electron chi connectivity index (χ1n) is 7.43. The smallest absolute Gasteiger partial charge is 0.333 e. The van der Waals surface area contributed by atoms with Gasteiger partial charge in [-0.05, 0) is 54.4 Å². The summed E-state index contributed by atoms with van der Waals surface area (Å²) in [4.78, 5) is 3.82. The molecule has 3 rings (SSSR count). The lowest BCUT2D eigenvalue weighted by atomic mass is 10.2. The third-order valence-electron chi connectivity index (χ3n) is 3.35. The number of rotatable bonds is 7. The Labute approximate surface area is 158 Å². The molecule has 0 aliphatic rings. The zero-order chi connectivity index (χ0) is 17.6. The minimum atomic E-state index is 0.651. The second-order valence-electron chi connectivity index (χ2n) is 5.09. The first-order valence-corrected chi connectivity index (χ1v) is 9.04. The Balaban J connectivity index is 1.73. The highest BCUT2D eigenvalue weighted by Crippen LogP contribution is 2.33. The van der Waals surface area contributed by atoms with E-state index in [1.165, 1.54) is 18.3 Å². The highest BCUT2D eigenvalue weighted by Gasteiger charge is 2.10. The molecule has 0 saturated carbocycles. The summed E-state index contributed by atoms with van der Waals surface area (Å²) < 4.78 is 15.1. The normalized spacial score (nSPS) is 10.3. The van der Waals surface area contributed by atoms with Crippen LogP contribution in [0.3, 0.4) is 0 Å². The molecule has 5 nitrogen and oxygen atoms in total. The van der Waals surface area contributed by atoms with Gasteiger partial charge < -0.3 is 19.2 Å². The van der Waals surface area contributed by atoms with Crippen molar-refractivity contribution >= 4 is 44.9 Å². The molecule has 3 aromatic rings. The van der Waals surface area contributed by atoms with Crippen molar-refractivity contribution in [1.82, 2.24) is 0 Å². The summed E-state index contributed by atoms with van der Waals surface area (Å²) in [6, 6.07) is 13.8. The van der Waals surface area contributed by atoms with Crippen molar-refractivity contribution in [3.8, 4) is 5.75 Å². The second kappa shape index (κ2) is 8.13. The lowest BCUT2D eigenvalue weighted by Crippen LogP contribution is -1.99.